The number of halogens is 2. The van der Waals surface area contributed by atoms with Crippen molar-refractivity contribution in [3.63, 3.8) is 0 Å². The van der Waals surface area contributed by atoms with Crippen LogP contribution in [0.15, 0.2) is 0 Å². The molecular weight excluding hydrogens is 428 g/mol. The fourth-order valence-corrected chi connectivity index (χ4v) is 3.89. The molecule has 0 radical (unpaired) electrons. The molecule has 0 rings (SSSR count). The topological polar surface area (TPSA) is 0 Å². The van der Waals surface area contributed by atoms with Gasteiger partial charge >= 0.3 is 0 Å². The summed E-state index contributed by atoms with van der Waals surface area (Å²) in [5.74, 6) is 0. The molecule has 0 aromatic carbocycles. The number of hydrogen-bond acceptors (Lipinski definition) is 0. The first-order chi connectivity index (χ1) is 10.6. The maximum absolute atomic E-state index is 2.35. The highest BCUT2D eigenvalue weighted by Gasteiger charge is 2.20. The molecule has 0 aliphatic carbocycles. The zero-order chi connectivity index (χ0) is 16.9. The minimum atomic E-state index is 0. The van der Waals surface area contributed by atoms with Gasteiger partial charge in [-0.1, -0.05) is 12.8 Å². The van der Waals surface area contributed by atoms with Crippen LogP contribution in [0.2, 0.25) is 0 Å². The third kappa shape index (κ3) is 10.8. The van der Waals surface area contributed by atoms with E-state index in [4.69, 9.17) is 0 Å². The summed E-state index contributed by atoms with van der Waals surface area (Å²) in [7, 11) is 0. The normalized spacial score (nSPS) is 11.8. The van der Waals surface area contributed by atoms with Crippen molar-refractivity contribution in [3.8, 4) is 0 Å². The van der Waals surface area contributed by atoms with E-state index < -0.39 is 0 Å². The largest absolute Gasteiger partial charge is 1.00 e. The third-order valence-electron chi connectivity index (χ3n) is 6.54. The van der Waals surface area contributed by atoms with Crippen molar-refractivity contribution in [1.29, 1.82) is 0 Å². The van der Waals surface area contributed by atoms with Crippen LogP contribution in [-0.2, 0) is 0 Å². The second kappa shape index (κ2) is 17.3. The maximum Gasteiger partial charge on any atom is 0.0786 e. The number of rotatable bonds is 15. The van der Waals surface area contributed by atoms with Crippen LogP contribution in [0, 0.1) is 0 Å². The van der Waals surface area contributed by atoms with Crippen molar-refractivity contribution in [2.45, 2.75) is 80.1 Å². The van der Waals surface area contributed by atoms with Gasteiger partial charge in [-0.15, -0.1) is 0 Å². The van der Waals surface area contributed by atoms with E-state index in [0.717, 1.165) is 0 Å². The number of quaternary nitrogens is 2. The fourth-order valence-electron chi connectivity index (χ4n) is 3.89. The van der Waals surface area contributed by atoms with E-state index in [2.05, 4.69) is 41.5 Å². The standard InChI is InChI=1S/C20H46N2.2BrH/c1-7-21(8-2,9-3)19-17-15-13-14-16-18-20-22(10-4,11-5)12-6;;/h7-20H2,1-6H3;2*1H/q+2;;/p-2. The van der Waals surface area contributed by atoms with Crippen molar-refractivity contribution < 1.29 is 42.9 Å². The highest BCUT2D eigenvalue weighted by atomic mass is 79.9. The van der Waals surface area contributed by atoms with Crippen LogP contribution in [-0.4, -0.2) is 61.3 Å². The molecule has 0 N–H and O–H groups in total. The van der Waals surface area contributed by atoms with E-state index in [1.165, 1.54) is 99.8 Å². The van der Waals surface area contributed by atoms with E-state index in [0.29, 0.717) is 0 Å². The highest BCUT2D eigenvalue weighted by molar-refractivity contribution is 4.48. The molecule has 0 unspecified atom stereocenters. The van der Waals surface area contributed by atoms with Gasteiger partial charge in [-0.25, -0.2) is 0 Å². The van der Waals surface area contributed by atoms with Crippen molar-refractivity contribution in [2.24, 2.45) is 0 Å². The lowest BCUT2D eigenvalue weighted by Crippen LogP contribution is -3.00. The van der Waals surface area contributed by atoms with E-state index in [1.54, 1.807) is 0 Å². The predicted octanol–water partition coefficient (Wildman–Crippen LogP) is -0.912. The first-order valence-corrected chi connectivity index (χ1v) is 10.3. The molecule has 0 heterocycles. The lowest BCUT2D eigenvalue weighted by molar-refractivity contribution is -0.923. The SMILES string of the molecule is CC[N+](CC)(CC)CCCCCCCC[N+](CC)(CC)CC.[Br-].[Br-]. The number of unbranched alkanes of at least 4 members (excludes halogenated alkanes) is 5. The van der Waals surface area contributed by atoms with Gasteiger partial charge in [-0.05, 0) is 67.2 Å². The summed E-state index contributed by atoms with van der Waals surface area (Å²) < 4.78 is 2.65. The van der Waals surface area contributed by atoms with E-state index in [1.807, 2.05) is 0 Å². The summed E-state index contributed by atoms with van der Waals surface area (Å²) >= 11 is 0. The van der Waals surface area contributed by atoms with Gasteiger partial charge in [0.25, 0.3) is 0 Å². The second-order valence-electron chi connectivity index (χ2n) is 7.15. The Labute approximate surface area is 175 Å². The molecule has 0 saturated carbocycles. The Morgan fingerprint density at radius 1 is 0.375 bits per heavy atom. The van der Waals surface area contributed by atoms with Gasteiger partial charge in [0, 0.05) is 0 Å². The molecule has 0 aliphatic heterocycles. The van der Waals surface area contributed by atoms with Gasteiger partial charge in [0.05, 0.1) is 52.4 Å². The Bertz CT molecular complexity index is 209. The molecule has 0 atom stereocenters. The van der Waals surface area contributed by atoms with Gasteiger partial charge in [-0.2, -0.15) is 0 Å². The minimum Gasteiger partial charge on any atom is -1.00 e. The first-order valence-electron chi connectivity index (χ1n) is 10.3. The van der Waals surface area contributed by atoms with E-state index in [9.17, 15) is 0 Å². The molecule has 0 fully saturated rings. The van der Waals surface area contributed by atoms with Gasteiger partial charge in [-0.3, -0.25) is 0 Å². The third-order valence-corrected chi connectivity index (χ3v) is 6.54. The average Bonchev–Trinajstić information content (AvgIpc) is 2.58. The second-order valence-corrected chi connectivity index (χ2v) is 7.15. The van der Waals surface area contributed by atoms with Gasteiger partial charge in [0.1, 0.15) is 0 Å². The van der Waals surface area contributed by atoms with Gasteiger partial charge < -0.3 is 42.9 Å². The molecule has 0 aliphatic rings. The Morgan fingerprint density at radius 2 is 0.583 bits per heavy atom. The smallest absolute Gasteiger partial charge is 0.0786 e. The minimum absolute atomic E-state index is 0. The Kier molecular flexibility index (Phi) is 21.4. The highest BCUT2D eigenvalue weighted by Crippen LogP contribution is 2.13. The monoisotopic (exact) mass is 472 g/mol. The molecule has 0 aromatic heterocycles. The van der Waals surface area contributed by atoms with E-state index >= 15 is 0 Å². The summed E-state index contributed by atoms with van der Waals surface area (Å²) in [6, 6.07) is 0. The van der Waals surface area contributed by atoms with Crippen molar-refractivity contribution in [2.75, 3.05) is 52.4 Å². The molecule has 24 heavy (non-hydrogen) atoms. The molecule has 0 aromatic rings. The summed E-state index contributed by atoms with van der Waals surface area (Å²) in [5, 5.41) is 0. The zero-order valence-corrected chi connectivity index (χ0v) is 20.7. The first kappa shape index (κ1) is 29.6. The molecule has 0 amide bonds. The Morgan fingerprint density at radius 3 is 0.792 bits per heavy atom. The lowest BCUT2D eigenvalue weighted by atomic mass is 10.1. The van der Waals surface area contributed by atoms with Crippen LogP contribution < -0.4 is 34.0 Å². The maximum atomic E-state index is 2.35. The van der Waals surface area contributed by atoms with Gasteiger partial charge in [0.15, 0.2) is 0 Å². The van der Waals surface area contributed by atoms with Crippen LogP contribution in [0.1, 0.15) is 80.1 Å². The molecule has 4 heteroatoms. The lowest BCUT2D eigenvalue weighted by Gasteiger charge is -2.36. The van der Waals surface area contributed by atoms with Crippen LogP contribution in [0.4, 0.5) is 0 Å². The van der Waals surface area contributed by atoms with E-state index in [-0.39, 0.29) is 34.0 Å². The van der Waals surface area contributed by atoms with Crippen molar-refractivity contribution >= 4 is 0 Å². The number of nitrogens with zero attached hydrogens (tertiary/aromatic N) is 2. The Hall–Kier alpha value is 0.880. The van der Waals surface area contributed by atoms with Crippen LogP contribution >= 0.6 is 0 Å². The van der Waals surface area contributed by atoms with Crippen LogP contribution in [0.25, 0.3) is 0 Å². The molecule has 2 nitrogen and oxygen atoms in total. The summed E-state index contributed by atoms with van der Waals surface area (Å²) in [6.07, 6.45) is 8.62. The van der Waals surface area contributed by atoms with Crippen molar-refractivity contribution in [1.82, 2.24) is 0 Å². The number of hydrogen-bond donors (Lipinski definition) is 0. The molecular formula is C20H46Br2N2. The predicted molar refractivity (Wildman–Crippen MR) is 101 cm³/mol. The fraction of sp³-hybridized carbons (Fsp3) is 1.00. The molecule has 150 valence electrons. The van der Waals surface area contributed by atoms with Crippen LogP contribution in [0.3, 0.4) is 0 Å². The average molecular weight is 474 g/mol. The zero-order valence-electron chi connectivity index (χ0n) is 17.5. The molecule has 0 spiro atoms. The molecule has 0 saturated heterocycles. The summed E-state index contributed by atoms with van der Waals surface area (Å²) in [6.45, 7) is 24.7. The van der Waals surface area contributed by atoms with Crippen molar-refractivity contribution in [3.05, 3.63) is 0 Å². The quantitative estimate of drug-likeness (QED) is 0.213. The van der Waals surface area contributed by atoms with Crippen LogP contribution in [0.5, 0.6) is 0 Å². The molecule has 0 bridgehead atoms. The van der Waals surface area contributed by atoms with Gasteiger partial charge in [0.2, 0.25) is 0 Å². The Balaban J connectivity index is -0.00000220. The summed E-state index contributed by atoms with van der Waals surface area (Å²) in [4.78, 5) is 0. The summed E-state index contributed by atoms with van der Waals surface area (Å²) in [5.41, 5.74) is 0.